The number of oxazole rings is 1. The summed E-state index contributed by atoms with van der Waals surface area (Å²) in [5.41, 5.74) is 9.96. The third-order valence-corrected chi connectivity index (χ3v) is 9.20. The molecule has 57 heavy (non-hydrogen) atoms. The second-order valence-corrected chi connectivity index (χ2v) is 13.0. The zero-order valence-corrected chi connectivity index (χ0v) is 30.0. The molecule has 0 atom stereocenters. The van der Waals surface area contributed by atoms with Gasteiger partial charge in [0.1, 0.15) is 5.52 Å². The maximum Gasteiger partial charge on any atom is 0.227 e. The minimum Gasteiger partial charge on any atom is -0.436 e. The van der Waals surface area contributed by atoms with Gasteiger partial charge in [0.05, 0.1) is 45.6 Å². The van der Waals surface area contributed by atoms with Crippen LogP contribution in [0.5, 0.6) is 0 Å². The Kier molecular flexibility index (Phi) is 8.54. The lowest BCUT2D eigenvalue weighted by atomic mass is 10.1. The predicted octanol–water partition coefficient (Wildman–Crippen LogP) is 9.72. The smallest absolute Gasteiger partial charge is 0.227 e. The van der Waals surface area contributed by atoms with Crippen molar-refractivity contribution in [2.75, 3.05) is 0 Å². The molecule has 0 unspecified atom stereocenters. The molecule has 0 N–H and O–H groups in total. The number of fused-ring (bicyclic) bond motifs is 1. The van der Waals surface area contributed by atoms with Crippen LogP contribution in [0.3, 0.4) is 0 Å². The summed E-state index contributed by atoms with van der Waals surface area (Å²) >= 11 is 0. The van der Waals surface area contributed by atoms with E-state index in [2.05, 4.69) is 24.9 Å². The van der Waals surface area contributed by atoms with Gasteiger partial charge >= 0.3 is 0 Å². The fraction of sp³-hybridized carbons (Fsp3) is 0. The average Bonchev–Trinajstić information content (AvgIpc) is 3.74. The van der Waals surface area contributed by atoms with Gasteiger partial charge in [0, 0.05) is 47.0 Å². The highest BCUT2D eigenvalue weighted by Gasteiger charge is 2.19. The molecule has 0 aliphatic carbocycles. The van der Waals surface area contributed by atoms with E-state index in [0.717, 1.165) is 22.2 Å². The number of nitrogens with zero attached hydrogens (tertiary/aromatic N) is 10. The van der Waals surface area contributed by atoms with Gasteiger partial charge in [-0.05, 0) is 97.1 Å². The lowest BCUT2D eigenvalue weighted by molar-refractivity contribution is 0.620. The lowest BCUT2D eigenvalue weighted by Crippen LogP contribution is -2.02. The van der Waals surface area contributed by atoms with Crippen LogP contribution in [0.25, 0.3) is 102 Å². The van der Waals surface area contributed by atoms with Crippen LogP contribution in [0.15, 0.2) is 175 Å². The van der Waals surface area contributed by atoms with Gasteiger partial charge in [0.15, 0.2) is 23.1 Å². The van der Waals surface area contributed by atoms with E-state index in [0.29, 0.717) is 80.0 Å². The van der Waals surface area contributed by atoms with E-state index in [9.17, 15) is 0 Å². The number of para-hydroxylation sites is 2. The number of pyridine rings is 6. The molecule has 11 heteroatoms. The summed E-state index contributed by atoms with van der Waals surface area (Å²) < 4.78 is 6.06. The van der Waals surface area contributed by atoms with Crippen LogP contribution in [-0.4, -0.2) is 49.8 Å². The molecule has 268 valence electrons. The van der Waals surface area contributed by atoms with E-state index < -0.39 is 0 Å². The Bertz CT molecular complexity index is 2700. The minimum absolute atomic E-state index is 0.436. The van der Waals surface area contributed by atoms with Gasteiger partial charge in [-0.25, -0.2) is 29.9 Å². The van der Waals surface area contributed by atoms with Crippen molar-refractivity contribution < 1.29 is 4.42 Å². The van der Waals surface area contributed by atoms with E-state index in [4.69, 9.17) is 29.3 Å². The topological polar surface area (TPSA) is 142 Å². The molecule has 2 aromatic carbocycles. The SMILES string of the molecule is c1ccc(-c2cc(-c3nc(-c4ccc(-c5nc6ccccc6o5)cc4)nc(-c4cc(-c5ccccn5)nc(-c5ccccn5)c4)n3)cc(-c3ccccn3)n2)nc1. The van der Waals surface area contributed by atoms with E-state index >= 15 is 0 Å². The van der Waals surface area contributed by atoms with Crippen LogP contribution in [-0.2, 0) is 0 Å². The Morgan fingerprint density at radius 3 is 1.09 bits per heavy atom. The summed E-state index contributed by atoms with van der Waals surface area (Å²) in [7, 11) is 0. The van der Waals surface area contributed by atoms with Gasteiger partial charge < -0.3 is 4.42 Å². The van der Waals surface area contributed by atoms with E-state index in [-0.39, 0.29) is 0 Å². The average molecular weight is 737 g/mol. The van der Waals surface area contributed by atoms with Gasteiger partial charge in [-0.1, -0.05) is 48.5 Å². The van der Waals surface area contributed by atoms with Crippen molar-refractivity contribution in [3.05, 3.63) is 170 Å². The van der Waals surface area contributed by atoms with Crippen LogP contribution in [0.1, 0.15) is 0 Å². The highest BCUT2D eigenvalue weighted by atomic mass is 16.3. The molecule has 0 aliphatic rings. The van der Waals surface area contributed by atoms with Crippen LogP contribution < -0.4 is 0 Å². The summed E-state index contributed by atoms with van der Waals surface area (Å²) in [4.78, 5) is 48.4. The van der Waals surface area contributed by atoms with E-state index in [1.54, 1.807) is 24.8 Å². The second kappa shape index (κ2) is 14.6. The third-order valence-electron chi connectivity index (χ3n) is 9.20. The van der Waals surface area contributed by atoms with Crippen molar-refractivity contribution in [3.63, 3.8) is 0 Å². The van der Waals surface area contributed by atoms with Gasteiger partial charge in [0.25, 0.3) is 0 Å². The largest absolute Gasteiger partial charge is 0.436 e. The number of hydrogen-bond acceptors (Lipinski definition) is 11. The standard InChI is InChI=1S/C46H28N10O/c1-2-16-42-37(15-1)53-46(57-42)30-19-17-29(18-20-30)43-54-44(31-25-38(33-11-3-7-21-47-33)51-39(26-31)34-12-4-8-22-48-34)56-45(55-43)32-27-40(35-13-5-9-23-49-35)52-41(28-32)36-14-6-10-24-50-36/h1-28H. The molecule has 8 aromatic heterocycles. The van der Waals surface area contributed by atoms with Crippen LogP contribution in [0, 0.1) is 0 Å². The summed E-state index contributed by atoms with van der Waals surface area (Å²) in [5.74, 6) is 1.86. The Morgan fingerprint density at radius 2 is 0.684 bits per heavy atom. The normalized spacial score (nSPS) is 11.2. The molecule has 0 saturated heterocycles. The molecule has 11 nitrogen and oxygen atoms in total. The minimum atomic E-state index is 0.436. The highest BCUT2D eigenvalue weighted by molar-refractivity contribution is 5.78. The van der Waals surface area contributed by atoms with E-state index in [1.807, 2.05) is 146 Å². The fourth-order valence-electron chi connectivity index (χ4n) is 6.42. The van der Waals surface area contributed by atoms with Gasteiger partial charge in [0.2, 0.25) is 5.89 Å². The first-order valence-electron chi connectivity index (χ1n) is 18.1. The highest BCUT2D eigenvalue weighted by Crippen LogP contribution is 2.33. The maximum atomic E-state index is 6.06. The van der Waals surface area contributed by atoms with Crippen LogP contribution >= 0.6 is 0 Å². The molecule has 10 aromatic rings. The second-order valence-electron chi connectivity index (χ2n) is 13.0. The summed E-state index contributed by atoms with van der Waals surface area (Å²) in [6.07, 6.45) is 6.98. The Hall–Kier alpha value is -8.18. The summed E-state index contributed by atoms with van der Waals surface area (Å²) in [5, 5.41) is 0. The molecule has 0 saturated carbocycles. The van der Waals surface area contributed by atoms with Crippen molar-refractivity contribution >= 4 is 11.1 Å². The first-order valence-corrected chi connectivity index (χ1v) is 18.1. The maximum absolute atomic E-state index is 6.06. The van der Waals surface area contributed by atoms with Crippen LogP contribution in [0.4, 0.5) is 0 Å². The zero-order valence-electron chi connectivity index (χ0n) is 30.0. The number of aromatic nitrogens is 10. The first kappa shape index (κ1) is 33.4. The van der Waals surface area contributed by atoms with Gasteiger partial charge in [-0.3, -0.25) is 19.9 Å². The van der Waals surface area contributed by atoms with Crippen LogP contribution in [0.2, 0.25) is 0 Å². The predicted molar refractivity (Wildman–Crippen MR) is 218 cm³/mol. The molecule has 10 rings (SSSR count). The summed E-state index contributed by atoms with van der Waals surface area (Å²) in [6.45, 7) is 0. The van der Waals surface area contributed by atoms with Crippen molar-refractivity contribution in [2.45, 2.75) is 0 Å². The van der Waals surface area contributed by atoms with Gasteiger partial charge in [-0.2, -0.15) is 0 Å². The zero-order chi connectivity index (χ0) is 38.0. The molecular weight excluding hydrogens is 709 g/mol. The molecule has 0 radical (unpaired) electrons. The first-order chi connectivity index (χ1) is 28.2. The Balaban J connectivity index is 1.17. The van der Waals surface area contributed by atoms with Crippen molar-refractivity contribution in [1.29, 1.82) is 0 Å². The molecule has 0 fully saturated rings. The van der Waals surface area contributed by atoms with Crippen molar-refractivity contribution in [2.24, 2.45) is 0 Å². The number of rotatable bonds is 8. The van der Waals surface area contributed by atoms with Crippen molar-refractivity contribution in [1.82, 2.24) is 49.8 Å². The van der Waals surface area contributed by atoms with Crippen molar-refractivity contribution in [3.8, 4) is 91.2 Å². The Labute approximate surface area is 326 Å². The molecule has 0 amide bonds. The number of benzene rings is 2. The lowest BCUT2D eigenvalue weighted by Gasteiger charge is -2.12. The van der Waals surface area contributed by atoms with E-state index in [1.165, 1.54) is 0 Å². The molecule has 8 heterocycles. The third kappa shape index (κ3) is 6.88. The summed E-state index contributed by atoms with van der Waals surface area (Å²) in [6, 6.07) is 46.2. The molecule has 0 spiro atoms. The monoisotopic (exact) mass is 736 g/mol. The molecular formula is C46H28N10O. The number of hydrogen-bond donors (Lipinski definition) is 0. The molecule has 0 aliphatic heterocycles. The molecule has 0 bridgehead atoms. The van der Waals surface area contributed by atoms with Gasteiger partial charge in [-0.15, -0.1) is 0 Å². The quantitative estimate of drug-likeness (QED) is 0.147. The Morgan fingerprint density at radius 1 is 0.298 bits per heavy atom. The fourth-order valence-corrected chi connectivity index (χ4v) is 6.42.